The summed E-state index contributed by atoms with van der Waals surface area (Å²) < 4.78 is 31.3. The summed E-state index contributed by atoms with van der Waals surface area (Å²) in [5, 5.41) is 9.88. The van der Waals surface area contributed by atoms with Crippen molar-refractivity contribution in [2.24, 2.45) is 0 Å². The van der Waals surface area contributed by atoms with Crippen molar-refractivity contribution in [3.8, 4) is 0 Å². The van der Waals surface area contributed by atoms with Gasteiger partial charge in [-0.2, -0.15) is 0 Å². The van der Waals surface area contributed by atoms with Crippen molar-refractivity contribution in [1.29, 1.82) is 0 Å². The van der Waals surface area contributed by atoms with Crippen molar-refractivity contribution >= 4 is 0 Å². The van der Waals surface area contributed by atoms with E-state index in [0.717, 1.165) is 44.4 Å². The minimum absolute atomic E-state index is 0.343. The second-order valence-electron chi connectivity index (χ2n) is 5.17. The molecule has 0 radical (unpaired) electrons. The van der Waals surface area contributed by atoms with Gasteiger partial charge >= 0.3 is 0 Å². The first-order valence-electron chi connectivity index (χ1n) is 6.89. The molecule has 1 N–H and O–H groups in total. The Labute approximate surface area is 112 Å². The predicted octanol–water partition coefficient (Wildman–Crippen LogP) is 3.22. The Kier molecular flexibility index (Phi) is 5.28. The van der Waals surface area contributed by atoms with Crippen LogP contribution >= 0.6 is 0 Å². The molecule has 1 aromatic carbocycles. The van der Waals surface area contributed by atoms with Crippen LogP contribution in [0, 0.1) is 11.6 Å². The molecule has 0 bridgehead atoms. The smallest absolute Gasteiger partial charge is 0.159 e. The van der Waals surface area contributed by atoms with Gasteiger partial charge in [0.25, 0.3) is 0 Å². The molecule has 2 rings (SSSR count). The third-order valence-electron chi connectivity index (χ3n) is 3.54. The Morgan fingerprint density at radius 1 is 1.32 bits per heavy atom. The average molecular weight is 270 g/mol. The summed E-state index contributed by atoms with van der Waals surface area (Å²) in [6.45, 7) is 0.849. The quantitative estimate of drug-likeness (QED) is 0.860. The Hall–Kier alpha value is -1.00. The van der Waals surface area contributed by atoms with E-state index in [9.17, 15) is 13.9 Å². The van der Waals surface area contributed by atoms with E-state index >= 15 is 0 Å². The number of aliphatic hydroxyl groups is 1. The van der Waals surface area contributed by atoms with Crippen molar-refractivity contribution in [3.63, 3.8) is 0 Å². The zero-order valence-corrected chi connectivity index (χ0v) is 10.9. The molecule has 1 saturated heterocycles. The fourth-order valence-electron chi connectivity index (χ4n) is 2.49. The molecule has 1 heterocycles. The maximum absolute atomic E-state index is 13.0. The molecular weight excluding hydrogens is 250 g/mol. The van der Waals surface area contributed by atoms with Crippen molar-refractivity contribution < 1.29 is 18.6 Å². The highest BCUT2D eigenvalue weighted by molar-refractivity contribution is 5.18. The normalized spacial score (nSPS) is 20.7. The first-order valence-corrected chi connectivity index (χ1v) is 6.89. The molecule has 19 heavy (non-hydrogen) atoms. The molecule has 0 spiro atoms. The lowest BCUT2D eigenvalue weighted by Gasteiger charge is -2.13. The van der Waals surface area contributed by atoms with E-state index in [-0.39, 0.29) is 0 Å². The lowest BCUT2D eigenvalue weighted by molar-refractivity contribution is 0.0945. The van der Waals surface area contributed by atoms with Gasteiger partial charge < -0.3 is 9.84 Å². The molecular formula is C15H20F2O2. The lowest BCUT2D eigenvalue weighted by Crippen LogP contribution is -2.12. The van der Waals surface area contributed by atoms with Gasteiger partial charge in [-0.25, -0.2) is 8.78 Å². The number of benzene rings is 1. The van der Waals surface area contributed by atoms with Gasteiger partial charge in [-0.15, -0.1) is 0 Å². The van der Waals surface area contributed by atoms with E-state index in [2.05, 4.69) is 0 Å². The number of hydrogen-bond donors (Lipinski definition) is 1. The molecule has 2 unspecified atom stereocenters. The van der Waals surface area contributed by atoms with Crippen LogP contribution in [0.15, 0.2) is 18.2 Å². The van der Waals surface area contributed by atoms with Crippen LogP contribution in [-0.4, -0.2) is 23.9 Å². The summed E-state index contributed by atoms with van der Waals surface area (Å²) in [4.78, 5) is 0. The van der Waals surface area contributed by atoms with Gasteiger partial charge in [0.05, 0.1) is 12.2 Å². The molecule has 2 atom stereocenters. The summed E-state index contributed by atoms with van der Waals surface area (Å²) in [5.41, 5.74) is 0.628. The number of ether oxygens (including phenoxy) is 1. The zero-order chi connectivity index (χ0) is 13.7. The average Bonchev–Trinajstić information content (AvgIpc) is 2.87. The van der Waals surface area contributed by atoms with E-state index in [1.165, 1.54) is 6.07 Å². The Bertz CT molecular complexity index is 403. The fraction of sp³-hybridized carbons (Fsp3) is 0.600. The third kappa shape index (κ3) is 4.55. The minimum Gasteiger partial charge on any atom is -0.393 e. The summed E-state index contributed by atoms with van der Waals surface area (Å²) in [6, 6.07) is 3.77. The number of halogens is 2. The van der Waals surface area contributed by atoms with E-state index in [0.29, 0.717) is 24.5 Å². The van der Waals surface area contributed by atoms with E-state index in [1.807, 2.05) is 0 Å². The van der Waals surface area contributed by atoms with Crippen LogP contribution in [0.4, 0.5) is 8.78 Å². The predicted molar refractivity (Wildman–Crippen MR) is 68.9 cm³/mol. The molecule has 2 nitrogen and oxygen atoms in total. The van der Waals surface area contributed by atoms with Gasteiger partial charge in [-0.3, -0.25) is 0 Å². The minimum atomic E-state index is -0.857. The Morgan fingerprint density at radius 2 is 2.16 bits per heavy atom. The van der Waals surface area contributed by atoms with Crippen LogP contribution in [0.25, 0.3) is 0 Å². The van der Waals surface area contributed by atoms with Gasteiger partial charge in [-0.1, -0.05) is 6.07 Å². The molecule has 0 saturated carbocycles. The molecule has 1 aromatic rings. The Balaban J connectivity index is 1.70. The highest BCUT2D eigenvalue weighted by Crippen LogP contribution is 2.19. The topological polar surface area (TPSA) is 29.5 Å². The summed E-state index contributed by atoms with van der Waals surface area (Å²) in [5.74, 6) is -1.71. The largest absolute Gasteiger partial charge is 0.393 e. The van der Waals surface area contributed by atoms with Gasteiger partial charge in [0, 0.05) is 6.61 Å². The van der Waals surface area contributed by atoms with E-state index in [1.54, 1.807) is 0 Å². The summed E-state index contributed by atoms with van der Waals surface area (Å²) in [7, 11) is 0. The van der Waals surface area contributed by atoms with Crippen LogP contribution in [0.5, 0.6) is 0 Å². The van der Waals surface area contributed by atoms with E-state index in [4.69, 9.17) is 4.74 Å². The van der Waals surface area contributed by atoms with Crippen molar-refractivity contribution in [2.75, 3.05) is 6.61 Å². The van der Waals surface area contributed by atoms with Crippen molar-refractivity contribution in [2.45, 2.75) is 50.7 Å². The van der Waals surface area contributed by atoms with Gasteiger partial charge in [0.2, 0.25) is 0 Å². The molecule has 4 heteroatoms. The highest BCUT2D eigenvalue weighted by atomic mass is 19.2. The summed E-state index contributed by atoms with van der Waals surface area (Å²) >= 11 is 0. The molecule has 106 valence electrons. The molecule has 0 amide bonds. The number of rotatable bonds is 6. The standard InChI is InChI=1S/C15H20F2O2/c16-14-7-6-11(10-15(14)17)9-12(18)3-1-4-13-5-2-8-19-13/h6-7,10,12-13,18H,1-5,8-9H2. The highest BCUT2D eigenvalue weighted by Gasteiger charge is 2.16. The third-order valence-corrected chi connectivity index (χ3v) is 3.54. The maximum atomic E-state index is 13.0. The lowest BCUT2D eigenvalue weighted by atomic mass is 10.0. The van der Waals surface area contributed by atoms with Gasteiger partial charge in [0.1, 0.15) is 0 Å². The fourth-order valence-corrected chi connectivity index (χ4v) is 2.49. The first kappa shape index (κ1) is 14.4. The van der Waals surface area contributed by atoms with Crippen LogP contribution in [-0.2, 0) is 11.2 Å². The monoisotopic (exact) mass is 270 g/mol. The van der Waals surface area contributed by atoms with Crippen LogP contribution in [0.2, 0.25) is 0 Å². The van der Waals surface area contributed by atoms with Crippen LogP contribution in [0.1, 0.15) is 37.7 Å². The molecule has 0 aromatic heterocycles. The van der Waals surface area contributed by atoms with E-state index < -0.39 is 17.7 Å². The molecule has 1 aliphatic rings. The number of hydrogen-bond acceptors (Lipinski definition) is 2. The SMILES string of the molecule is OC(CCCC1CCCO1)Cc1ccc(F)c(F)c1. The maximum Gasteiger partial charge on any atom is 0.159 e. The van der Waals surface area contributed by atoms with Crippen LogP contribution in [0.3, 0.4) is 0 Å². The molecule has 0 aliphatic carbocycles. The van der Waals surface area contributed by atoms with Crippen molar-refractivity contribution in [1.82, 2.24) is 0 Å². The van der Waals surface area contributed by atoms with Gasteiger partial charge in [0.15, 0.2) is 11.6 Å². The summed E-state index contributed by atoms with van der Waals surface area (Å²) in [6.07, 6.45) is 4.97. The molecule has 1 fully saturated rings. The second-order valence-corrected chi connectivity index (χ2v) is 5.17. The van der Waals surface area contributed by atoms with Crippen molar-refractivity contribution in [3.05, 3.63) is 35.4 Å². The second kappa shape index (κ2) is 6.96. The van der Waals surface area contributed by atoms with Gasteiger partial charge in [-0.05, 0) is 56.2 Å². The molecule has 1 aliphatic heterocycles. The number of aliphatic hydroxyl groups excluding tert-OH is 1. The first-order chi connectivity index (χ1) is 9.15. The zero-order valence-electron chi connectivity index (χ0n) is 10.9. The Morgan fingerprint density at radius 3 is 2.84 bits per heavy atom. The van der Waals surface area contributed by atoms with Crippen LogP contribution < -0.4 is 0 Å².